The van der Waals surface area contributed by atoms with Gasteiger partial charge in [0.05, 0.1) is 12.2 Å². The van der Waals surface area contributed by atoms with Gasteiger partial charge in [-0.3, -0.25) is 14.8 Å². The maximum atomic E-state index is 12.5. The average molecular weight is 494 g/mol. The highest BCUT2D eigenvalue weighted by atomic mass is 31.1. The summed E-state index contributed by atoms with van der Waals surface area (Å²) in [5, 5.41) is 10.7. The van der Waals surface area contributed by atoms with Crippen LogP contribution in [0.15, 0.2) is 40.5 Å². The first-order valence-corrected chi connectivity index (χ1v) is 13.2. The highest BCUT2D eigenvalue weighted by Gasteiger charge is 2.24. The van der Waals surface area contributed by atoms with Crippen LogP contribution in [0, 0.1) is 5.92 Å². The number of hydrogen-bond donors (Lipinski definition) is 1. The fraction of sp³-hybridized carbons (Fsp3) is 0.600. The van der Waals surface area contributed by atoms with Crippen LogP contribution in [0.25, 0.3) is 0 Å². The lowest BCUT2D eigenvalue weighted by Crippen LogP contribution is -2.49. The Hall–Kier alpha value is -1.73. The number of allylic oxidation sites excluding steroid dienone is 1. The normalized spacial score (nSPS) is 21.2. The molecule has 9 heteroatoms. The van der Waals surface area contributed by atoms with E-state index in [9.17, 15) is 13.9 Å². The molecule has 0 amide bonds. The van der Waals surface area contributed by atoms with Gasteiger partial charge in [0.25, 0.3) is 6.43 Å². The Balaban J connectivity index is 1.51. The first-order valence-electron chi connectivity index (χ1n) is 12.0. The van der Waals surface area contributed by atoms with E-state index in [1.165, 1.54) is 10.9 Å². The van der Waals surface area contributed by atoms with Gasteiger partial charge in [-0.1, -0.05) is 27.6 Å². The molecule has 0 bridgehead atoms. The van der Waals surface area contributed by atoms with Crippen molar-refractivity contribution in [3.8, 4) is 0 Å². The number of likely N-dealkylation sites (N-methyl/N-ethyl adjacent to an activating group) is 1. The van der Waals surface area contributed by atoms with Gasteiger partial charge in [0.1, 0.15) is 11.9 Å². The van der Waals surface area contributed by atoms with Crippen LogP contribution < -0.4 is 5.30 Å². The summed E-state index contributed by atoms with van der Waals surface area (Å²) in [6, 6.07) is 7.08. The third kappa shape index (κ3) is 7.64. The van der Waals surface area contributed by atoms with Crippen LogP contribution in [-0.2, 0) is 0 Å². The van der Waals surface area contributed by atoms with Gasteiger partial charge >= 0.3 is 0 Å². The molecule has 0 radical (unpaired) electrons. The molecule has 0 aromatic heterocycles. The minimum atomic E-state index is -2.71. The molecule has 2 aliphatic heterocycles. The number of fused-ring (bicyclic) bond motifs is 1. The smallest absolute Gasteiger partial charge is 0.264 e. The van der Waals surface area contributed by atoms with Gasteiger partial charge in [-0.05, 0) is 42.3 Å². The van der Waals surface area contributed by atoms with Crippen molar-refractivity contribution >= 4 is 31.6 Å². The van der Waals surface area contributed by atoms with Crippen molar-refractivity contribution in [2.24, 2.45) is 15.9 Å². The van der Waals surface area contributed by atoms with E-state index in [1.807, 2.05) is 32.1 Å². The zero-order chi connectivity index (χ0) is 24.7. The molecular weight excluding hydrogens is 455 g/mol. The molecule has 1 aromatic rings. The first kappa shape index (κ1) is 26.9. The monoisotopic (exact) mass is 493 g/mol. The zero-order valence-electron chi connectivity index (χ0n) is 20.7. The Morgan fingerprint density at radius 2 is 1.97 bits per heavy atom. The molecule has 1 saturated heterocycles. The molecule has 188 valence electrons. The molecule has 1 fully saturated rings. The maximum Gasteiger partial charge on any atom is 0.264 e. The van der Waals surface area contributed by atoms with Crippen molar-refractivity contribution in [2.75, 3.05) is 53.0 Å². The van der Waals surface area contributed by atoms with Crippen LogP contribution in [-0.4, -0.2) is 97.4 Å². The molecule has 1 aromatic carbocycles. The lowest BCUT2D eigenvalue weighted by Gasteiger charge is -2.39. The number of aliphatic hydroxyl groups excluding tert-OH is 1. The van der Waals surface area contributed by atoms with Crippen molar-refractivity contribution in [1.29, 1.82) is 0 Å². The highest BCUT2D eigenvalue weighted by Crippen LogP contribution is 2.28. The molecule has 0 saturated carbocycles. The Bertz CT molecular complexity index is 884. The van der Waals surface area contributed by atoms with Crippen molar-refractivity contribution in [3.05, 3.63) is 36.0 Å². The molecule has 4 atom stereocenters. The quantitative estimate of drug-likeness (QED) is 0.325. The first-order chi connectivity index (χ1) is 16.2. The Labute approximate surface area is 204 Å². The number of aliphatic imine (C=N–C) groups is 2. The lowest BCUT2D eigenvalue weighted by atomic mass is 10.0. The van der Waals surface area contributed by atoms with Crippen molar-refractivity contribution in [2.45, 2.75) is 38.8 Å². The van der Waals surface area contributed by atoms with E-state index >= 15 is 0 Å². The Morgan fingerprint density at radius 3 is 2.65 bits per heavy atom. The van der Waals surface area contributed by atoms with Gasteiger partial charge in [0, 0.05) is 64.9 Å². The number of alkyl halides is 2. The predicted molar refractivity (Wildman–Crippen MR) is 140 cm³/mol. The van der Waals surface area contributed by atoms with E-state index in [2.05, 4.69) is 44.9 Å². The number of benzene rings is 1. The minimum Gasteiger partial charge on any atom is -0.387 e. The number of halogens is 2. The molecular formula is C25H38F2N5OP. The number of piperazine rings is 1. The third-order valence-corrected chi connectivity index (χ3v) is 7.66. The summed E-state index contributed by atoms with van der Waals surface area (Å²) in [7, 11) is 4.75. The van der Waals surface area contributed by atoms with Crippen LogP contribution >= 0.6 is 8.58 Å². The Morgan fingerprint density at radius 1 is 1.24 bits per heavy atom. The van der Waals surface area contributed by atoms with Crippen LogP contribution in [0.1, 0.15) is 31.9 Å². The van der Waals surface area contributed by atoms with E-state index in [-0.39, 0.29) is 12.3 Å². The number of amidine groups is 1. The van der Waals surface area contributed by atoms with Gasteiger partial charge in [-0.25, -0.2) is 13.8 Å². The van der Waals surface area contributed by atoms with E-state index in [0.717, 1.165) is 59.0 Å². The largest absolute Gasteiger partial charge is 0.387 e. The molecule has 2 aliphatic rings. The molecule has 3 rings (SSSR count). The highest BCUT2D eigenvalue weighted by molar-refractivity contribution is 7.48. The summed E-state index contributed by atoms with van der Waals surface area (Å²) >= 11 is 0. The molecule has 2 heterocycles. The summed E-state index contributed by atoms with van der Waals surface area (Å²) < 4.78 is 25.0. The van der Waals surface area contributed by atoms with Crippen molar-refractivity contribution < 1.29 is 13.9 Å². The van der Waals surface area contributed by atoms with Gasteiger partial charge in [0.2, 0.25) is 0 Å². The second-order valence-corrected chi connectivity index (χ2v) is 10.7. The molecule has 0 spiro atoms. The average Bonchev–Trinajstić information content (AvgIpc) is 2.82. The lowest BCUT2D eigenvalue weighted by molar-refractivity contribution is -0.0135. The standard InChI is InChI=1S/C25H38F2N5OP/c1-18(15-22(33)25(26)27)7-8-29-24(30(3)4)17-31-10-12-32(13-11-31)19(2)20-5-6-21-23(16-20)34-14-9-28-21/h5-9,16,18-19,22,25,33-34H,10-15,17H2,1-4H3/b8-7-,29-24?. The van der Waals surface area contributed by atoms with Crippen LogP contribution in [0.3, 0.4) is 0 Å². The van der Waals surface area contributed by atoms with Gasteiger partial charge in [-0.15, -0.1) is 0 Å². The maximum absolute atomic E-state index is 12.5. The van der Waals surface area contributed by atoms with Gasteiger partial charge in [-0.2, -0.15) is 0 Å². The van der Waals surface area contributed by atoms with Crippen molar-refractivity contribution in [1.82, 2.24) is 14.7 Å². The number of rotatable bonds is 9. The SMILES string of the molecule is CC(/C=C\N=C(CN1CCN(C(C)c2ccc3c(c2)PCC=N3)CC1)N(C)C)CC(O)C(F)F. The van der Waals surface area contributed by atoms with E-state index in [4.69, 9.17) is 0 Å². The summed E-state index contributed by atoms with van der Waals surface area (Å²) in [6.07, 6.45) is 2.24. The fourth-order valence-corrected chi connectivity index (χ4v) is 5.22. The number of nitrogens with zero attached hydrogens (tertiary/aromatic N) is 5. The summed E-state index contributed by atoms with van der Waals surface area (Å²) in [5.41, 5.74) is 2.48. The fourth-order valence-electron chi connectivity index (χ4n) is 4.22. The summed E-state index contributed by atoms with van der Waals surface area (Å²) in [4.78, 5) is 16.0. The van der Waals surface area contributed by atoms with E-state index < -0.39 is 12.5 Å². The molecule has 34 heavy (non-hydrogen) atoms. The molecule has 4 unspecified atom stereocenters. The third-order valence-electron chi connectivity index (χ3n) is 6.50. The van der Waals surface area contributed by atoms with Crippen LogP contribution in [0.4, 0.5) is 14.5 Å². The molecule has 1 N–H and O–H groups in total. The Kier molecular flexibility index (Phi) is 10.1. The van der Waals surface area contributed by atoms with E-state index in [0.29, 0.717) is 6.04 Å². The van der Waals surface area contributed by atoms with E-state index in [1.54, 1.807) is 12.3 Å². The van der Waals surface area contributed by atoms with Gasteiger partial charge in [0.15, 0.2) is 0 Å². The summed E-state index contributed by atoms with van der Waals surface area (Å²) in [5.74, 6) is 0.757. The topological polar surface area (TPSA) is 54.7 Å². The van der Waals surface area contributed by atoms with Crippen LogP contribution in [0.5, 0.6) is 0 Å². The van der Waals surface area contributed by atoms with Crippen LogP contribution in [0.2, 0.25) is 0 Å². The summed E-state index contributed by atoms with van der Waals surface area (Å²) in [6.45, 7) is 8.77. The van der Waals surface area contributed by atoms with Crippen molar-refractivity contribution in [3.63, 3.8) is 0 Å². The second kappa shape index (κ2) is 12.8. The second-order valence-electron chi connectivity index (χ2n) is 9.35. The number of aliphatic hydroxyl groups is 1. The molecule has 0 aliphatic carbocycles. The van der Waals surface area contributed by atoms with Gasteiger partial charge < -0.3 is 10.0 Å². The molecule has 6 nitrogen and oxygen atoms in total. The minimum absolute atomic E-state index is 0.0268. The zero-order valence-corrected chi connectivity index (χ0v) is 21.7. The number of hydrogen-bond acceptors (Lipinski definition) is 5. The predicted octanol–water partition coefficient (Wildman–Crippen LogP) is 3.51.